The average Bonchev–Trinajstić information content (AvgIpc) is 3.85. The van der Waals surface area contributed by atoms with Gasteiger partial charge in [0.05, 0.1) is 41.6 Å². The number of benzene rings is 3. The van der Waals surface area contributed by atoms with Gasteiger partial charge in [-0.15, -0.1) is 0 Å². The summed E-state index contributed by atoms with van der Waals surface area (Å²) >= 11 is 6.69. The summed E-state index contributed by atoms with van der Waals surface area (Å²) in [6.07, 6.45) is 4.41. The summed E-state index contributed by atoms with van der Waals surface area (Å²) in [4.78, 5) is 26.6. The second kappa shape index (κ2) is 12.7. The lowest BCUT2D eigenvalue weighted by atomic mass is 9.80. The number of nitriles is 1. The van der Waals surface area contributed by atoms with Crippen molar-refractivity contribution in [3.8, 4) is 11.8 Å². The number of likely N-dealkylation sites (N-methyl/N-ethyl adjacent to an activating group) is 1. The second-order valence-corrected chi connectivity index (χ2v) is 14.6. The van der Waals surface area contributed by atoms with Gasteiger partial charge in [-0.3, -0.25) is 14.6 Å². The standard InChI is InChI=1S/C35H35ClN6O5S/c1-39-15-17-40(18-16-39)23-25-7-12-32(46-2)29(20-25)35(41-14-3-4-31(41)33-38-13-19-47-33)28-21-26(36)8-11-30(28)42(34(35)43)48(44,45)27-9-5-24(22-37)6-10-27/h5-13,19-21,31H,3-4,14-18,23H2,1-2H3/t31-,35?/m0/s1. The fourth-order valence-electron chi connectivity index (χ4n) is 7.31. The molecule has 0 saturated carbocycles. The third-order valence-corrected chi connectivity index (χ3v) is 11.6. The van der Waals surface area contributed by atoms with Crippen molar-refractivity contribution in [1.29, 1.82) is 5.26 Å². The molecule has 0 aliphatic carbocycles. The van der Waals surface area contributed by atoms with E-state index in [0.717, 1.165) is 36.0 Å². The molecule has 3 aliphatic heterocycles. The number of rotatable bonds is 8. The molecule has 0 radical (unpaired) electrons. The van der Waals surface area contributed by atoms with Gasteiger partial charge >= 0.3 is 0 Å². The van der Waals surface area contributed by atoms with E-state index in [1.807, 2.05) is 29.2 Å². The van der Waals surface area contributed by atoms with Crippen LogP contribution in [-0.4, -0.2) is 80.9 Å². The van der Waals surface area contributed by atoms with Gasteiger partial charge in [0.25, 0.3) is 15.9 Å². The molecule has 7 rings (SSSR count). The zero-order valence-corrected chi connectivity index (χ0v) is 28.2. The Kier molecular flexibility index (Phi) is 8.51. The average molecular weight is 687 g/mol. The van der Waals surface area contributed by atoms with Crippen LogP contribution in [-0.2, 0) is 26.9 Å². The van der Waals surface area contributed by atoms with Gasteiger partial charge in [-0.05, 0) is 80.1 Å². The minimum Gasteiger partial charge on any atom is -0.496 e. The Balaban J connectivity index is 1.47. The van der Waals surface area contributed by atoms with Crippen molar-refractivity contribution in [3.05, 3.63) is 106 Å². The van der Waals surface area contributed by atoms with Crippen LogP contribution in [0.2, 0.25) is 5.02 Å². The van der Waals surface area contributed by atoms with Crippen molar-refractivity contribution in [2.75, 3.05) is 51.2 Å². The molecule has 1 aromatic heterocycles. The molecule has 0 bridgehead atoms. The van der Waals surface area contributed by atoms with Crippen LogP contribution in [0.4, 0.5) is 5.69 Å². The largest absolute Gasteiger partial charge is 0.496 e. The Bertz CT molecular complexity index is 1990. The molecule has 3 aliphatic rings. The summed E-state index contributed by atoms with van der Waals surface area (Å²) in [5.74, 6) is 0.189. The van der Waals surface area contributed by atoms with E-state index in [2.05, 4.69) is 21.8 Å². The van der Waals surface area contributed by atoms with Gasteiger partial charge < -0.3 is 14.1 Å². The van der Waals surface area contributed by atoms with Gasteiger partial charge in [0.2, 0.25) is 5.89 Å². The number of ether oxygens (including phenoxy) is 1. The maximum Gasteiger partial charge on any atom is 0.271 e. The summed E-state index contributed by atoms with van der Waals surface area (Å²) in [6.45, 7) is 4.79. The molecule has 2 saturated heterocycles. The number of hydrogen-bond donors (Lipinski definition) is 0. The maximum absolute atomic E-state index is 15.5. The molecule has 4 heterocycles. The Morgan fingerprint density at radius 3 is 2.50 bits per heavy atom. The lowest BCUT2D eigenvalue weighted by Gasteiger charge is -2.41. The minimum absolute atomic E-state index is 0.118. The highest BCUT2D eigenvalue weighted by molar-refractivity contribution is 7.93. The SMILES string of the molecule is COc1ccc(CN2CCN(C)CC2)cc1C1(N2CCC[C@H]2c2ncco2)C(=O)N(S(=O)(=O)c2ccc(C#N)cc2)c2ccc(Cl)cc21. The Labute approximate surface area is 284 Å². The summed E-state index contributed by atoms with van der Waals surface area (Å²) < 4.78 is 41.8. The molecule has 4 aromatic rings. The molecule has 1 unspecified atom stereocenters. The molecule has 0 spiro atoms. The van der Waals surface area contributed by atoms with Gasteiger partial charge in [-0.1, -0.05) is 17.7 Å². The molecule has 11 nitrogen and oxygen atoms in total. The first-order valence-corrected chi connectivity index (χ1v) is 17.6. The minimum atomic E-state index is -4.46. The molecule has 2 fully saturated rings. The van der Waals surface area contributed by atoms with Gasteiger partial charge in [-0.2, -0.15) is 5.26 Å². The van der Waals surface area contributed by atoms with Crippen molar-refractivity contribution >= 4 is 33.2 Å². The maximum atomic E-state index is 15.5. The van der Waals surface area contributed by atoms with Gasteiger partial charge in [0.1, 0.15) is 12.0 Å². The lowest BCUT2D eigenvalue weighted by molar-refractivity contribution is -0.127. The molecular weight excluding hydrogens is 652 g/mol. The summed E-state index contributed by atoms with van der Waals surface area (Å²) in [6, 6.07) is 17.8. The van der Waals surface area contributed by atoms with E-state index in [1.54, 1.807) is 31.5 Å². The highest BCUT2D eigenvalue weighted by Gasteiger charge is 2.62. The van der Waals surface area contributed by atoms with Gasteiger partial charge in [0, 0.05) is 55.4 Å². The number of amides is 1. The lowest BCUT2D eigenvalue weighted by Crippen LogP contribution is -2.54. The van der Waals surface area contributed by atoms with Gasteiger partial charge in [-0.25, -0.2) is 17.7 Å². The Morgan fingerprint density at radius 2 is 1.81 bits per heavy atom. The Hall–Kier alpha value is -4.25. The highest BCUT2D eigenvalue weighted by atomic mass is 35.5. The van der Waals surface area contributed by atoms with Crippen molar-refractivity contribution in [1.82, 2.24) is 19.7 Å². The second-order valence-electron chi connectivity index (χ2n) is 12.4. The smallest absolute Gasteiger partial charge is 0.271 e. The van der Waals surface area contributed by atoms with E-state index in [-0.39, 0.29) is 10.6 Å². The number of piperazine rings is 1. The number of likely N-dealkylation sites (tertiary alicyclic amines) is 1. The number of anilines is 1. The van der Waals surface area contributed by atoms with E-state index >= 15 is 4.79 Å². The number of nitrogens with zero attached hydrogens (tertiary/aromatic N) is 6. The van der Waals surface area contributed by atoms with Crippen LogP contribution in [0, 0.1) is 11.3 Å². The van der Waals surface area contributed by atoms with Crippen molar-refractivity contribution in [3.63, 3.8) is 0 Å². The summed E-state index contributed by atoms with van der Waals surface area (Å²) in [5.41, 5.74) is 0.714. The van der Waals surface area contributed by atoms with Crippen molar-refractivity contribution in [2.24, 2.45) is 0 Å². The number of carbonyl (C=O) groups excluding carboxylic acids is 1. The number of fused-ring (bicyclic) bond motifs is 1. The molecular formula is C35H35ClN6O5S. The van der Waals surface area contributed by atoms with E-state index in [1.165, 1.54) is 30.5 Å². The third kappa shape index (κ3) is 5.27. The molecule has 13 heteroatoms. The molecule has 248 valence electrons. The zero-order valence-electron chi connectivity index (χ0n) is 26.7. The number of oxazole rings is 1. The van der Waals surface area contributed by atoms with Crippen molar-refractivity contribution in [2.45, 2.75) is 35.9 Å². The molecule has 48 heavy (non-hydrogen) atoms. The topological polar surface area (TPSA) is 123 Å². The van der Waals surface area contributed by atoms with Crippen LogP contribution in [0.15, 0.2) is 82.4 Å². The van der Waals surface area contributed by atoms with Crippen LogP contribution in [0.1, 0.15) is 47.0 Å². The summed E-state index contributed by atoms with van der Waals surface area (Å²) in [5, 5.41) is 9.69. The molecule has 1 amide bonds. The Morgan fingerprint density at radius 1 is 1.04 bits per heavy atom. The number of halogens is 1. The van der Waals surface area contributed by atoms with E-state index in [4.69, 9.17) is 20.8 Å². The van der Waals surface area contributed by atoms with Crippen LogP contribution >= 0.6 is 11.6 Å². The van der Waals surface area contributed by atoms with E-state index < -0.39 is 27.5 Å². The van der Waals surface area contributed by atoms with Gasteiger partial charge in [0.15, 0.2) is 5.54 Å². The fourth-order valence-corrected chi connectivity index (χ4v) is 8.94. The van der Waals surface area contributed by atoms with Crippen LogP contribution in [0.5, 0.6) is 5.75 Å². The van der Waals surface area contributed by atoms with E-state index in [9.17, 15) is 13.7 Å². The van der Waals surface area contributed by atoms with E-state index in [0.29, 0.717) is 59.3 Å². The number of hydrogen-bond acceptors (Lipinski definition) is 10. The van der Waals surface area contributed by atoms with Crippen LogP contribution < -0.4 is 9.04 Å². The van der Waals surface area contributed by atoms with Crippen LogP contribution in [0.3, 0.4) is 0 Å². The predicted octanol–water partition coefficient (Wildman–Crippen LogP) is 4.77. The highest BCUT2D eigenvalue weighted by Crippen LogP contribution is 2.56. The fraction of sp³-hybridized carbons (Fsp3) is 0.343. The first kappa shape index (κ1) is 32.3. The first-order chi connectivity index (χ1) is 23.2. The number of carbonyl (C=O) groups is 1. The quantitative estimate of drug-likeness (QED) is 0.256. The zero-order chi connectivity index (χ0) is 33.6. The predicted molar refractivity (Wildman–Crippen MR) is 179 cm³/mol. The molecule has 2 atom stereocenters. The normalized spacial score (nSPS) is 22.2. The number of sulfonamides is 1. The van der Waals surface area contributed by atoms with Crippen LogP contribution in [0.25, 0.3) is 0 Å². The number of methoxy groups -OCH3 is 1. The number of aromatic nitrogens is 1. The molecule has 3 aromatic carbocycles. The first-order valence-electron chi connectivity index (χ1n) is 15.8. The molecule has 0 N–H and O–H groups in total. The monoisotopic (exact) mass is 686 g/mol. The van der Waals surface area contributed by atoms with Crippen molar-refractivity contribution < 1.29 is 22.4 Å². The summed E-state index contributed by atoms with van der Waals surface area (Å²) in [7, 11) is -0.807. The third-order valence-electron chi connectivity index (χ3n) is 9.66.